The van der Waals surface area contributed by atoms with Crippen molar-refractivity contribution in [2.24, 2.45) is 0 Å². The van der Waals surface area contributed by atoms with Gasteiger partial charge in [-0.3, -0.25) is 0 Å². The fraction of sp³-hybridized carbons (Fsp3) is 0.0526. The molecule has 0 N–H and O–H groups in total. The van der Waals surface area contributed by atoms with E-state index in [0.29, 0.717) is 0 Å². The lowest BCUT2D eigenvalue weighted by atomic mass is 10.1. The predicted molar refractivity (Wildman–Crippen MR) is 91.2 cm³/mol. The standard InChI is InChI=1S/C19H13N3O/c1-23-14-10-8-13(9-11-14)18-19-15-6-2-4-12-5-3-7-16(17(12)15)22(19)21-20-18/h2-11H,1H3. The lowest BCUT2D eigenvalue weighted by molar-refractivity contribution is 0.415. The van der Waals surface area contributed by atoms with Crippen molar-refractivity contribution in [2.75, 3.05) is 7.11 Å². The topological polar surface area (TPSA) is 39.4 Å². The van der Waals surface area contributed by atoms with Crippen LogP contribution < -0.4 is 4.74 Å². The van der Waals surface area contributed by atoms with Gasteiger partial charge in [0.15, 0.2) is 0 Å². The zero-order chi connectivity index (χ0) is 15.4. The van der Waals surface area contributed by atoms with Crippen LogP contribution in [0.25, 0.3) is 38.4 Å². The highest BCUT2D eigenvalue weighted by Crippen LogP contribution is 2.36. The van der Waals surface area contributed by atoms with E-state index in [1.165, 1.54) is 16.2 Å². The number of hydrogen-bond acceptors (Lipinski definition) is 3. The van der Waals surface area contributed by atoms with Crippen LogP contribution in [0.1, 0.15) is 0 Å². The van der Waals surface area contributed by atoms with Crippen LogP contribution in [0.2, 0.25) is 0 Å². The SMILES string of the molecule is COc1ccc(-c2nnn3c4cccc5cccc(c54)c23)cc1. The second kappa shape index (κ2) is 4.43. The molecule has 0 aliphatic rings. The lowest BCUT2D eigenvalue weighted by Gasteiger charge is -2.01. The van der Waals surface area contributed by atoms with Crippen molar-refractivity contribution < 1.29 is 4.74 Å². The number of fused-ring (bicyclic) bond motifs is 3. The van der Waals surface area contributed by atoms with Crippen LogP contribution in [0.3, 0.4) is 0 Å². The van der Waals surface area contributed by atoms with E-state index in [-0.39, 0.29) is 0 Å². The Balaban J connectivity index is 1.89. The minimum Gasteiger partial charge on any atom is -0.497 e. The molecule has 0 saturated heterocycles. The van der Waals surface area contributed by atoms with Gasteiger partial charge in [0.25, 0.3) is 0 Å². The van der Waals surface area contributed by atoms with E-state index in [1.807, 2.05) is 28.8 Å². The van der Waals surface area contributed by atoms with Crippen LogP contribution in [0, 0.1) is 0 Å². The molecular weight excluding hydrogens is 286 g/mol. The molecule has 0 radical (unpaired) electrons. The number of benzene rings is 3. The molecule has 0 saturated carbocycles. The summed E-state index contributed by atoms with van der Waals surface area (Å²) < 4.78 is 7.18. The third-order valence-electron chi connectivity index (χ3n) is 4.40. The Morgan fingerprint density at radius 1 is 0.913 bits per heavy atom. The Labute approximate surface area is 132 Å². The Hall–Kier alpha value is -3.14. The monoisotopic (exact) mass is 299 g/mol. The van der Waals surface area contributed by atoms with Crippen LogP contribution >= 0.6 is 0 Å². The zero-order valence-corrected chi connectivity index (χ0v) is 12.5. The molecule has 5 aromatic rings. The number of hydrogen-bond donors (Lipinski definition) is 0. The summed E-state index contributed by atoms with van der Waals surface area (Å²) in [5, 5.41) is 12.5. The lowest BCUT2D eigenvalue weighted by Crippen LogP contribution is -1.83. The van der Waals surface area contributed by atoms with E-state index in [0.717, 1.165) is 28.0 Å². The molecule has 0 aliphatic heterocycles. The van der Waals surface area contributed by atoms with Crippen LogP contribution in [0.4, 0.5) is 0 Å². The second-order valence-electron chi connectivity index (χ2n) is 5.61. The van der Waals surface area contributed by atoms with Crippen molar-refractivity contribution in [3.8, 4) is 17.0 Å². The maximum atomic E-state index is 5.24. The molecule has 4 nitrogen and oxygen atoms in total. The van der Waals surface area contributed by atoms with Gasteiger partial charge in [0.05, 0.1) is 12.6 Å². The number of aromatic nitrogens is 3. The van der Waals surface area contributed by atoms with Crippen molar-refractivity contribution >= 4 is 27.2 Å². The summed E-state index contributed by atoms with van der Waals surface area (Å²) in [6.07, 6.45) is 0. The minimum absolute atomic E-state index is 0.836. The first-order valence-corrected chi connectivity index (χ1v) is 7.49. The van der Waals surface area contributed by atoms with Crippen molar-refractivity contribution in [3.63, 3.8) is 0 Å². The third-order valence-corrected chi connectivity index (χ3v) is 4.40. The van der Waals surface area contributed by atoms with Gasteiger partial charge in [0, 0.05) is 16.3 Å². The van der Waals surface area contributed by atoms with Crippen molar-refractivity contribution in [3.05, 3.63) is 60.7 Å². The summed E-state index contributed by atoms with van der Waals surface area (Å²) in [5.41, 5.74) is 4.09. The Kier molecular flexibility index (Phi) is 2.39. The van der Waals surface area contributed by atoms with Crippen molar-refractivity contribution in [1.29, 1.82) is 0 Å². The first kappa shape index (κ1) is 12.4. The molecule has 0 spiro atoms. The molecule has 5 rings (SSSR count). The molecule has 0 aliphatic carbocycles. The highest BCUT2D eigenvalue weighted by Gasteiger charge is 2.18. The molecule has 0 unspecified atom stereocenters. The summed E-state index contributed by atoms with van der Waals surface area (Å²) in [4.78, 5) is 0. The molecule has 2 heterocycles. The zero-order valence-electron chi connectivity index (χ0n) is 12.5. The number of rotatable bonds is 2. The highest BCUT2D eigenvalue weighted by atomic mass is 16.5. The van der Waals surface area contributed by atoms with Gasteiger partial charge in [-0.25, -0.2) is 4.52 Å². The second-order valence-corrected chi connectivity index (χ2v) is 5.61. The molecule has 0 bridgehead atoms. The van der Waals surface area contributed by atoms with E-state index >= 15 is 0 Å². The van der Waals surface area contributed by atoms with Gasteiger partial charge in [-0.05, 0) is 35.7 Å². The average molecular weight is 299 g/mol. The van der Waals surface area contributed by atoms with E-state index < -0.39 is 0 Å². The Morgan fingerprint density at radius 2 is 1.70 bits per heavy atom. The molecule has 2 aromatic heterocycles. The normalized spacial score (nSPS) is 11.7. The van der Waals surface area contributed by atoms with Crippen LogP contribution in [0.5, 0.6) is 5.75 Å². The van der Waals surface area contributed by atoms with Gasteiger partial charge in [0.2, 0.25) is 0 Å². The molecule has 0 atom stereocenters. The highest BCUT2D eigenvalue weighted by molar-refractivity contribution is 6.18. The van der Waals surface area contributed by atoms with Crippen molar-refractivity contribution in [2.45, 2.75) is 0 Å². The van der Waals surface area contributed by atoms with E-state index in [9.17, 15) is 0 Å². The smallest absolute Gasteiger partial charge is 0.121 e. The van der Waals surface area contributed by atoms with Gasteiger partial charge in [-0.2, -0.15) is 0 Å². The Morgan fingerprint density at radius 3 is 2.48 bits per heavy atom. The average Bonchev–Trinajstić information content (AvgIpc) is 3.17. The van der Waals surface area contributed by atoms with Crippen LogP contribution in [0.15, 0.2) is 60.7 Å². The number of nitrogens with zero attached hydrogens (tertiary/aromatic N) is 3. The largest absolute Gasteiger partial charge is 0.497 e. The van der Waals surface area contributed by atoms with Crippen LogP contribution in [-0.4, -0.2) is 21.9 Å². The maximum Gasteiger partial charge on any atom is 0.121 e. The van der Waals surface area contributed by atoms with Gasteiger partial charge < -0.3 is 4.74 Å². The number of methoxy groups -OCH3 is 1. The molecular formula is C19H13N3O. The fourth-order valence-corrected chi connectivity index (χ4v) is 3.33. The van der Waals surface area contributed by atoms with E-state index in [2.05, 4.69) is 46.7 Å². The van der Waals surface area contributed by atoms with Gasteiger partial charge >= 0.3 is 0 Å². The molecule has 3 aromatic carbocycles. The fourth-order valence-electron chi connectivity index (χ4n) is 3.33. The van der Waals surface area contributed by atoms with Crippen LogP contribution in [-0.2, 0) is 0 Å². The quantitative estimate of drug-likeness (QED) is 0.491. The molecule has 110 valence electrons. The summed E-state index contributed by atoms with van der Waals surface area (Å²) in [6, 6.07) is 20.6. The Bertz CT molecular complexity index is 1140. The summed E-state index contributed by atoms with van der Waals surface area (Å²) in [7, 11) is 1.67. The number of ether oxygens (including phenoxy) is 1. The van der Waals surface area contributed by atoms with E-state index in [4.69, 9.17) is 4.74 Å². The predicted octanol–water partition coefficient (Wildman–Crippen LogP) is 4.15. The summed E-state index contributed by atoms with van der Waals surface area (Å²) in [5.74, 6) is 0.836. The first-order valence-electron chi connectivity index (χ1n) is 7.49. The van der Waals surface area contributed by atoms with Gasteiger partial charge in [0.1, 0.15) is 17.0 Å². The van der Waals surface area contributed by atoms with Gasteiger partial charge in [-0.15, -0.1) is 5.10 Å². The van der Waals surface area contributed by atoms with E-state index in [1.54, 1.807) is 7.11 Å². The first-order chi connectivity index (χ1) is 11.4. The van der Waals surface area contributed by atoms with Gasteiger partial charge in [-0.1, -0.05) is 35.5 Å². The maximum absolute atomic E-state index is 5.24. The molecule has 23 heavy (non-hydrogen) atoms. The minimum atomic E-state index is 0.836. The summed E-state index contributed by atoms with van der Waals surface area (Å²) in [6.45, 7) is 0. The molecule has 0 amide bonds. The third kappa shape index (κ3) is 1.60. The van der Waals surface area contributed by atoms with Crippen molar-refractivity contribution in [1.82, 2.24) is 14.8 Å². The summed E-state index contributed by atoms with van der Waals surface area (Å²) >= 11 is 0. The molecule has 0 fully saturated rings. The molecule has 4 heteroatoms.